The molecule has 0 amide bonds. The SMILES string of the molecule is N#CC1(c2ccc3[nH]nc(-c4cc(N5CCN(CC6CCCCC6)CC5)ncn4)c3c2)CC2(CC2)C1. The molecule has 0 unspecified atom stereocenters. The van der Waals surface area contributed by atoms with E-state index in [9.17, 15) is 5.26 Å². The summed E-state index contributed by atoms with van der Waals surface area (Å²) in [7, 11) is 0. The Morgan fingerprint density at radius 1 is 1.00 bits per heavy atom. The van der Waals surface area contributed by atoms with Gasteiger partial charge in [-0.15, -0.1) is 0 Å². The van der Waals surface area contributed by atoms with E-state index in [2.05, 4.69) is 60.3 Å². The van der Waals surface area contributed by atoms with E-state index in [4.69, 9.17) is 0 Å². The molecule has 4 fully saturated rings. The monoisotopic (exact) mass is 481 g/mol. The van der Waals surface area contributed by atoms with Crippen LogP contribution in [0, 0.1) is 22.7 Å². The summed E-state index contributed by atoms with van der Waals surface area (Å²) in [6, 6.07) is 11.1. The molecule has 2 aromatic heterocycles. The number of anilines is 1. The van der Waals surface area contributed by atoms with Gasteiger partial charge in [-0.25, -0.2) is 9.97 Å². The molecule has 7 heteroatoms. The van der Waals surface area contributed by atoms with E-state index in [1.807, 2.05) is 0 Å². The molecule has 1 aromatic carbocycles. The normalized spacial score (nSPS) is 23.5. The van der Waals surface area contributed by atoms with Gasteiger partial charge in [0.15, 0.2) is 0 Å². The highest BCUT2D eigenvalue weighted by Gasteiger charge is 2.61. The van der Waals surface area contributed by atoms with E-state index in [0.29, 0.717) is 5.41 Å². The molecule has 1 spiro atoms. The van der Waals surface area contributed by atoms with Gasteiger partial charge in [0, 0.05) is 44.2 Å². The van der Waals surface area contributed by atoms with Crippen LogP contribution in [-0.2, 0) is 5.41 Å². The summed E-state index contributed by atoms with van der Waals surface area (Å²) in [4.78, 5) is 14.3. The summed E-state index contributed by atoms with van der Waals surface area (Å²) in [6.07, 6.45) is 13.3. The third kappa shape index (κ3) is 3.87. The molecule has 36 heavy (non-hydrogen) atoms. The first-order valence-corrected chi connectivity index (χ1v) is 13.9. The van der Waals surface area contributed by atoms with E-state index < -0.39 is 0 Å². The Morgan fingerprint density at radius 2 is 1.81 bits per heavy atom. The van der Waals surface area contributed by atoms with Crippen LogP contribution in [0.3, 0.4) is 0 Å². The predicted molar refractivity (Wildman–Crippen MR) is 141 cm³/mol. The van der Waals surface area contributed by atoms with Crippen LogP contribution in [0.2, 0.25) is 0 Å². The fourth-order valence-electron chi connectivity index (χ4n) is 7.16. The van der Waals surface area contributed by atoms with Crippen LogP contribution in [0.5, 0.6) is 0 Å². The van der Waals surface area contributed by atoms with Gasteiger partial charge in [-0.3, -0.25) is 10.00 Å². The highest BCUT2D eigenvalue weighted by molar-refractivity contribution is 5.93. The van der Waals surface area contributed by atoms with Gasteiger partial charge in [0.1, 0.15) is 17.8 Å². The number of H-pyrrole nitrogens is 1. The Labute approximate surface area is 212 Å². The Hall–Kier alpha value is -2.98. The number of fused-ring (bicyclic) bond motifs is 1. The van der Waals surface area contributed by atoms with Crippen LogP contribution in [0.15, 0.2) is 30.6 Å². The molecule has 3 saturated carbocycles. The molecule has 3 aliphatic carbocycles. The number of nitriles is 1. The average Bonchev–Trinajstić information content (AvgIpc) is 3.59. The van der Waals surface area contributed by atoms with Crippen molar-refractivity contribution in [2.45, 2.75) is 63.2 Å². The van der Waals surface area contributed by atoms with Gasteiger partial charge < -0.3 is 4.90 Å². The quantitative estimate of drug-likeness (QED) is 0.548. The van der Waals surface area contributed by atoms with Crippen LogP contribution < -0.4 is 4.90 Å². The van der Waals surface area contributed by atoms with E-state index in [1.165, 1.54) is 51.5 Å². The molecular weight excluding hydrogens is 446 g/mol. The highest BCUT2D eigenvalue weighted by atomic mass is 15.3. The number of nitrogens with one attached hydrogen (secondary N) is 1. The Balaban J connectivity index is 1.09. The lowest BCUT2D eigenvalue weighted by Gasteiger charge is -2.44. The molecule has 7 rings (SSSR count). The third-order valence-corrected chi connectivity index (χ3v) is 9.47. The summed E-state index contributed by atoms with van der Waals surface area (Å²) < 4.78 is 0. The van der Waals surface area contributed by atoms with Crippen molar-refractivity contribution < 1.29 is 0 Å². The predicted octanol–water partition coefficient (Wildman–Crippen LogP) is 5.06. The Kier molecular flexibility index (Phi) is 5.28. The van der Waals surface area contributed by atoms with Gasteiger partial charge in [-0.05, 0) is 67.6 Å². The van der Waals surface area contributed by atoms with Crippen LogP contribution in [0.1, 0.15) is 63.4 Å². The Bertz CT molecular complexity index is 1290. The van der Waals surface area contributed by atoms with Gasteiger partial charge >= 0.3 is 0 Å². The van der Waals surface area contributed by atoms with Crippen molar-refractivity contribution in [1.29, 1.82) is 5.26 Å². The molecule has 3 aromatic rings. The number of hydrogen-bond donors (Lipinski definition) is 1. The van der Waals surface area contributed by atoms with Gasteiger partial charge in [0.25, 0.3) is 0 Å². The second kappa shape index (κ2) is 8.55. The minimum atomic E-state index is -0.340. The van der Waals surface area contributed by atoms with E-state index in [1.54, 1.807) is 6.33 Å². The van der Waals surface area contributed by atoms with Gasteiger partial charge in [0.05, 0.1) is 22.7 Å². The van der Waals surface area contributed by atoms with Gasteiger partial charge in [-0.2, -0.15) is 10.4 Å². The topological polar surface area (TPSA) is 84.7 Å². The van der Waals surface area contributed by atoms with Crippen LogP contribution in [0.4, 0.5) is 5.82 Å². The molecule has 4 aliphatic rings. The molecule has 1 N–H and O–H groups in total. The lowest BCUT2D eigenvalue weighted by Crippen LogP contribution is -2.48. The zero-order chi connectivity index (χ0) is 24.2. The Morgan fingerprint density at radius 3 is 2.56 bits per heavy atom. The lowest BCUT2D eigenvalue weighted by molar-refractivity contribution is 0.173. The number of piperazine rings is 1. The lowest BCUT2D eigenvalue weighted by atomic mass is 9.57. The molecule has 7 nitrogen and oxygen atoms in total. The molecule has 0 bridgehead atoms. The molecule has 0 atom stereocenters. The summed E-state index contributed by atoms with van der Waals surface area (Å²) >= 11 is 0. The van der Waals surface area contributed by atoms with Crippen LogP contribution >= 0.6 is 0 Å². The minimum absolute atomic E-state index is 0.340. The fourth-order valence-corrected chi connectivity index (χ4v) is 7.16. The van der Waals surface area contributed by atoms with Crippen LogP contribution in [0.25, 0.3) is 22.3 Å². The smallest absolute Gasteiger partial charge is 0.132 e. The molecular formula is C29H35N7. The van der Waals surface area contributed by atoms with Gasteiger partial charge in [0.2, 0.25) is 0 Å². The number of rotatable bonds is 5. The second-order valence-corrected chi connectivity index (χ2v) is 11.9. The number of aromatic amines is 1. The maximum atomic E-state index is 10.0. The second-order valence-electron chi connectivity index (χ2n) is 11.9. The minimum Gasteiger partial charge on any atom is -0.354 e. The largest absolute Gasteiger partial charge is 0.354 e. The number of aromatic nitrogens is 4. The standard InChI is InChI=1S/C29H35N7/c30-19-29(17-28(18-29)8-9-28)22-6-7-24-23(14-22)27(34-33-24)25-15-26(32-20-31-25)36-12-10-35(11-13-36)16-21-4-2-1-3-5-21/h6-7,14-15,20-21H,1-5,8-13,16-18H2,(H,33,34). The van der Waals surface area contributed by atoms with Crippen molar-refractivity contribution in [3.8, 4) is 17.5 Å². The summed E-state index contributed by atoms with van der Waals surface area (Å²) in [6.45, 7) is 5.46. The first kappa shape index (κ1) is 22.2. The molecule has 1 aliphatic heterocycles. The van der Waals surface area contributed by atoms with E-state index >= 15 is 0 Å². The van der Waals surface area contributed by atoms with Crippen molar-refractivity contribution in [1.82, 2.24) is 25.1 Å². The fraction of sp³-hybridized carbons (Fsp3) is 0.586. The van der Waals surface area contributed by atoms with E-state index in [0.717, 1.165) is 78.6 Å². The van der Waals surface area contributed by atoms with Crippen molar-refractivity contribution in [2.24, 2.45) is 11.3 Å². The first-order valence-electron chi connectivity index (χ1n) is 13.9. The summed E-state index contributed by atoms with van der Waals surface area (Å²) in [5.74, 6) is 1.87. The van der Waals surface area contributed by atoms with Gasteiger partial charge in [-0.1, -0.05) is 25.3 Å². The van der Waals surface area contributed by atoms with Crippen molar-refractivity contribution >= 4 is 16.7 Å². The number of hydrogen-bond acceptors (Lipinski definition) is 6. The van der Waals surface area contributed by atoms with Crippen molar-refractivity contribution in [3.05, 3.63) is 36.2 Å². The maximum absolute atomic E-state index is 10.0. The zero-order valence-electron chi connectivity index (χ0n) is 21.0. The first-order chi connectivity index (χ1) is 17.7. The number of benzene rings is 1. The average molecular weight is 482 g/mol. The zero-order valence-corrected chi connectivity index (χ0v) is 21.0. The van der Waals surface area contributed by atoms with Crippen LogP contribution in [-0.4, -0.2) is 57.8 Å². The highest BCUT2D eigenvalue weighted by Crippen LogP contribution is 2.68. The maximum Gasteiger partial charge on any atom is 0.132 e. The van der Waals surface area contributed by atoms with E-state index in [-0.39, 0.29) is 5.41 Å². The molecule has 186 valence electrons. The van der Waals surface area contributed by atoms with Crippen molar-refractivity contribution in [2.75, 3.05) is 37.6 Å². The molecule has 1 saturated heterocycles. The summed E-state index contributed by atoms with van der Waals surface area (Å²) in [5.41, 5.74) is 3.92. The molecule has 3 heterocycles. The van der Waals surface area contributed by atoms with Crippen molar-refractivity contribution in [3.63, 3.8) is 0 Å². The summed E-state index contributed by atoms with van der Waals surface area (Å²) in [5, 5.41) is 18.9. The number of nitrogens with zero attached hydrogens (tertiary/aromatic N) is 6. The third-order valence-electron chi connectivity index (χ3n) is 9.47. The molecule has 0 radical (unpaired) electrons.